The lowest BCUT2D eigenvalue weighted by atomic mass is 10.00. The Labute approximate surface area is 386 Å². The number of benzene rings is 1. The molecule has 18 N–H and O–H groups in total. The van der Waals surface area contributed by atoms with Gasteiger partial charge in [-0.3, -0.25) is 43.2 Å². The molecule has 0 unspecified atom stereocenters. The van der Waals surface area contributed by atoms with Crippen LogP contribution < -0.4 is 60.2 Å². The number of hydrogen-bond acceptors (Lipinski definition) is 14. The zero-order valence-corrected chi connectivity index (χ0v) is 37.7. The van der Waals surface area contributed by atoms with Gasteiger partial charge < -0.3 is 75.3 Å². The van der Waals surface area contributed by atoms with Gasteiger partial charge in [-0.25, -0.2) is 9.78 Å². The van der Waals surface area contributed by atoms with E-state index in [1.165, 1.54) is 19.4 Å². The van der Waals surface area contributed by atoms with Crippen LogP contribution in [0.1, 0.15) is 77.0 Å². The van der Waals surface area contributed by atoms with E-state index in [-0.39, 0.29) is 51.5 Å². The predicted molar refractivity (Wildman–Crippen MR) is 239 cm³/mol. The van der Waals surface area contributed by atoms with Gasteiger partial charge in [0.15, 0.2) is 0 Å². The van der Waals surface area contributed by atoms with E-state index in [4.69, 9.17) is 22.9 Å². The Morgan fingerprint density at radius 3 is 1.67 bits per heavy atom. The Morgan fingerprint density at radius 1 is 0.627 bits per heavy atom. The summed E-state index contributed by atoms with van der Waals surface area (Å²) in [5.41, 5.74) is 22.6. The average Bonchev–Trinajstić information content (AvgIpc) is 3.80. The van der Waals surface area contributed by atoms with Crippen molar-refractivity contribution in [1.29, 1.82) is 0 Å². The first kappa shape index (κ1) is 56.1. The number of unbranched alkanes of at least 4 members (excludes halogenated alkanes) is 1. The summed E-state index contributed by atoms with van der Waals surface area (Å²) in [5, 5.41) is 36.5. The summed E-state index contributed by atoms with van der Waals surface area (Å²) < 4.78 is 0. The van der Waals surface area contributed by atoms with Gasteiger partial charge in [0.25, 0.3) is 0 Å². The number of nitrogens with zero attached hydrogens (tertiary/aromatic N) is 1. The zero-order chi connectivity index (χ0) is 50.2. The van der Waals surface area contributed by atoms with Crippen LogP contribution in [-0.4, -0.2) is 141 Å². The third-order valence-electron chi connectivity index (χ3n) is 10.2. The summed E-state index contributed by atoms with van der Waals surface area (Å²) in [6.45, 7) is 4.08. The average molecular weight is 944 g/mol. The van der Waals surface area contributed by atoms with Gasteiger partial charge in [0.2, 0.25) is 53.2 Å². The molecule has 0 aliphatic heterocycles. The fourth-order valence-corrected chi connectivity index (χ4v) is 6.37. The monoisotopic (exact) mass is 943 g/mol. The molecule has 25 heteroatoms. The second-order valence-corrected chi connectivity index (χ2v) is 16.1. The van der Waals surface area contributed by atoms with Gasteiger partial charge in [-0.15, -0.1) is 0 Å². The molecule has 0 aliphatic carbocycles. The summed E-state index contributed by atoms with van der Waals surface area (Å²) in [5.74, 6) is -9.75. The van der Waals surface area contributed by atoms with Crippen molar-refractivity contribution in [3.63, 3.8) is 0 Å². The topological polar surface area (TPSA) is 428 Å². The van der Waals surface area contributed by atoms with E-state index in [9.17, 15) is 58.2 Å². The van der Waals surface area contributed by atoms with Gasteiger partial charge in [-0.2, -0.15) is 0 Å². The summed E-state index contributed by atoms with van der Waals surface area (Å²) in [4.78, 5) is 137. The zero-order valence-electron chi connectivity index (χ0n) is 37.7. The third kappa shape index (κ3) is 20.4. The lowest BCUT2D eigenvalue weighted by Gasteiger charge is -2.28. The number of aliphatic hydroxyl groups excluding tert-OH is 1. The number of aromatic amines is 1. The number of amides is 9. The molecule has 0 spiro atoms. The van der Waals surface area contributed by atoms with E-state index in [1.54, 1.807) is 44.2 Å². The Hall–Kier alpha value is -6.99. The lowest BCUT2D eigenvalue weighted by Crippen LogP contribution is -2.61. The number of carbonyl (C=O) groups is 10. The quantitative estimate of drug-likeness (QED) is 0.0316. The molecule has 2 rings (SSSR count). The summed E-state index contributed by atoms with van der Waals surface area (Å²) in [7, 11) is 0. The molecule has 9 amide bonds. The minimum Gasteiger partial charge on any atom is -0.480 e. The molecule has 1 aromatic heterocycles. The first-order valence-electron chi connectivity index (χ1n) is 21.7. The first-order valence-corrected chi connectivity index (χ1v) is 21.7. The summed E-state index contributed by atoms with van der Waals surface area (Å²) in [6.07, 6.45) is 2.00. The van der Waals surface area contributed by atoms with Crippen molar-refractivity contribution in [2.24, 2.45) is 28.9 Å². The van der Waals surface area contributed by atoms with Crippen LogP contribution in [0, 0.1) is 5.92 Å². The molecule has 2 aromatic rings. The van der Waals surface area contributed by atoms with E-state index < -0.39 is 120 Å². The van der Waals surface area contributed by atoms with Gasteiger partial charge in [0, 0.05) is 31.9 Å². The smallest absolute Gasteiger partial charge is 0.326 e. The number of nitrogens with two attached hydrogens (primary N) is 4. The predicted octanol–water partition coefficient (Wildman–Crippen LogP) is -4.67. The SMILES string of the molecule is CC(C)[C@H](NC(=O)[C@H](C)NC(=O)[C@H](Cc1c[nH]cn1)NC(=O)[C@H](CCC(N)=O)NC(=O)[C@H](CCCCN)NC(=O)[C@@H](N)CO)C(=O)N[C@@H](Cc1ccccc1)C(=O)N[C@@H](CCC(N)=O)C(=O)O. The van der Waals surface area contributed by atoms with Crippen molar-refractivity contribution in [2.75, 3.05) is 13.2 Å². The van der Waals surface area contributed by atoms with E-state index in [1.807, 2.05) is 0 Å². The molecule has 0 radical (unpaired) electrons. The number of rotatable bonds is 31. The number of aliphatic carboxylic acids is 1. The largest absolute Gasteiger partial charge is 0.480 e. The minimum atomic E-state index is -1.51. The van der Waals surface area contributed by atoms with Crippen LogP contribution in [0.3, 0.4) is 0 Å². The van der Waals surface area contributed by atoms with E-state index >= 15 is 0 Å². The van der Waals surface area contributed by atoms with Crippen molar-refractivity contribution in [2.45, 2.75) is 127 Å². The Morgan fingerprint density at radius 2 is 1.13 bits per heavy atom. The number of hydrogen-bond donors (Lipinski definition) is 14. The standard InChI is InChI=1S/C42H65N13O12/c1-22(2)34(41(65)54-30(17-24-9-5-4-6-10-24)40(64)52-29(42(66)67)13-15-33(46)58)55-35(59)23(3)49-39(63)31(18-25-19-47-21-48-25)53-38(62)28(12-14-32(45)57)51-37(61)27(11-7-8-16-43)50-36(60)26(44)20-56/h4-6,9-10,19,21-23,26-31,34,56H,7-8,11-18,20,43-44H2,1-3H3,(H2,45,57)(H2,46,58)(H,47,48)(H,49,63)(H,50,60)(H,51,61)(H,52,64)(H,53,62)(H,54,65)(H,55,59)(H,66,67)/t23-,26-,27-,28-,29-,30-,31-,34-/m0/s1. The van der Waals surface area contributed by atoms with Gasteiger partial charge in [-0.1, -0.05) is 44.2 Å². The highest BCUT2D eigenvalue weighted by atomic mass is 16.4. The van der Waals surface area contributed by atoms with Crippen molar-refractivity contribution in [3.8, 4) is 0 Å². The number of H-pyrrole nitrogens is 1. The molecule has 1 heterocycles. The van der Waals surface area contributed by atoms with Gasteiger partial charge in [0.05, 0.1) is 18.6 Å². The number of carboxylic acid groups (broad SMARTS) is 1. The molecule has 0 aliphatic rings. The molecule has 0 saturated heterocycles. The number of carbonyl (C=O) groups excluding carboxylic acids is 9. The molecule has 8 atom stereocenters. The fourth-order valence-electron chi connectivity index (χ4n) is 6.37. The van der Waals surface area contributed by atoms with Gasteiger partial charge in [-0.05, 0) is 57.1 Å². The van der Waals surface area contributed by atoms with Crippen molar-refractivity contribution in [3.05, 3.63) is 54.1 Å². The number of nitrogens with one attached hydrogen (secondary N) is 8. The van der Waals surface area contributed by atoms with Crippen LogP contribution in [0.5, 0.6) is 0 Å². The third-order valence-corrected chi connectivity index (χ3v) is 10.2. The maximum absolute atomic E-state index is 13.9. The number of carboxylic acids is 1. The molecule has 67 heavy (non-hydrogen) atoms. The number of aromatic nitrogens is 2. The highest BCUT2D eigenvalue weighted by Gasteiger charge is 2.35. The maximum Gasteiger partial charge on any atom is 0.326 e. The fraction of sp³-hybridized carbons (Fsp3) is 0.548. The van der Waals surface area contributed by atoms with Crippen LogP contribution in [0.25, 0.3) is 0 Å². The van der Waals surface area contributed by atoms with E-state index in [0.29, 0.717) is 24.1 Å². The van der Waals surface area contributed by atoms with Crippen molar-refractivity contribution in [1.82, 2.24) is 47.2 Å². The lowest BCUT2D eigenvalue weighted by molar-refractivity contribution is -0.142. The second-order valence-electron chi connectivity index (χ2n) is 16.1. The second kappa shape index (κ2) is 28.8. The molecule has 25 nitrogen and oxygen atoms in total. The molecule has 0 fully saturated rings. The first-order chi connectivity index (χ1) is 31.7. The van der Waals surface area contributed by atoms with Crippen LogP contribution >= 0.6 is 0 Å². The molecule has 1 aromatic carbocycles. The minimum absolute atomic E-state index is 0.0665. The molecular weight excluding hydrogens is 879 g/mol. The van der Waals surface area contributed by atoms with E-state index in [2.05, 4.69) is 47.2 Å². The molecule has 0 saturated carbocycles. The van der Waals surface area contributed by atoms with Crippen molar-refractivity contribution >= 4 is 59.1 Å². The van der Waals surface area contributed by atoms with Gasteiger partial charge >= 0.3 is 5.97 Å². The van der Waals surface area contributed by atoms with Crippen molar-refractivity contribution < 1.29 is 58.2 Å². The Kier molecular flexibility index (Phi) is 24.1. The van der Waals surface area contributed by atoms with Gasteiger partial charge in [0.1, 0.15) is 48.3 Å². The van der Waals surface area contributed by atoms with E-state index in [0.717, 1.165) is 0 Å². The Balaban J connectivity index is 2.32. The Bertz CT molecular complexity index is 1990. The summed E-state index contributed by atoms with van der Waals surface area (Å²) in [6, 6.07) is -2.58. The van der Waals surface area contributed by atoms with Crippen LogP contribution in [0.15, 0.2) is 42.9 Å². The number of primary amides is 2. The normalized spacial score (nSPS) is 14.6. The number of imidazole rings is 1. The molecule has 370 valence electrons. The van der Waals surface area contributed by atoms with Crippen LogP contribution in [-0.2, 0) is 60.8 Å². The number of aliphatic hydroxyl groups is 1. The maximum atomic E-state index is 13.9. The molecular formula is C42H65N13O12. The van der Waals surface area contributed by atoms with Crippen LogP contribution in [0.4, 0.5) is 0 Å². The summed E-state index contributed by atoms with van der Waals surface area (Å²) >= 11 is 0. The highest BCUT2D eigenvalue weighted by Crippen LogP contribution is 2.10. The van der Waals surface area contributed by atoms with Crippen LogP contribution in [0.2, 0.25) is 0 Å². The highest BCUT2D eigenvalue weighted by molar-refractivity contribution is 5.98. The molecule has 0 bridgehead atoms.